The molecule has 5 N–H and O–H groups in total. The molecular formula is C25H30Br2F2N4O2. The van der Waals surface area contributed by atoms with Crippen molar-refractivity contribution in [2.75, 3.05) is 11.1 Å². The van der Waals surface area contributed by atoms with Crippen LogP contribution in [0.15, 0.2) is 39.5 Å². The maximum absolute atomic E-state index is 13.7. The van der Waals surface area contributed by atoms with Crippen LogP contribution in [0.2, 0.25) is 0 Å². The summed E-state index contributed by atoms with van der Waals surface area (Å²) in [5, 5.41) is 22.2. The van der Waals surface area contributed by atoms with Gasteiger partial charge >= 0.3 is 0 Å². The van der Waals surface area contributed by atoms with Crippen molar-refractivity contribution in [2.45, 2.75) is 75.7 Å². The van der Waals surface area contributed by atoms with E-state index >= 15 is 0 Å². The molecule has 6 nitrogen and oxygen atoms in total. The van der Waals surface area contributed by atoms with E-state index in [4.69, 9.17) is 5.73 Å². The number of hydrogen-bond donors (Lipinski definition) is 4. The van der Waals surface area contributed by atoms with Crippen LogP contribution in [0.3, 0.4) is 0 Å². The first-order valence-corrected chi connectivity index (χ1v) is 13.5. The van der Waals surface area contributed by atoms with Crippen LogP contribution >= 0.6 is 31.9 Å². The minimum atomic E-state index is -0.419. The minimum Gasteiger partial charge on any atom is -0.395 e. The molecule has 0 unspecified atom stereocenters. The average Bonchev–Trinajstić information content (AvgIpc) is 3.24. The highest BCUT2D eigenvalue weighted by Crippen LogP contribution is 2.33. The highest BCUT2D eigenvalue weighted by atomic mass is 79.9. The Morgan fingerprint density at radius 3 is 2.09 bits per heavy atom. The van der Waals surface area contributed by atoms with E-state index in [2.05, 4.69) is 42.2 Å². The molecule has 1 heterocycles. The molecule has 2 fully saturated rings. The van der Waals surface area contributed by atoms with Crippen molar-refractivity contribution < 1.29 is 19.0 Å². The molecule has 2 saturated carbocycles. The molecule has 1 aromatic heterocycles. The van der Waals surface area contributed by atoms with Gasteiger partial charge in [-0.05, 0) is 75.6 Å². The van der Waals surface area contributed by atoms with Gasteiger partial charge in [-0.15, -0.1) is 0 Å². The Morgan fingerprint density at radius 1 is 0.857 bits per heavy atom. The van der Waals surface area contributed by atoms with Gasteiger partial charge in [0.05, 0.1) is 35.4 Å². The fraction of sp³-hybridized carbons (Fsp3) is 0.480. The molecule has 2 aliphatic carbocycles. The number of nitrogens with zero attached hydrogens (tertiary/aromatic N) is 2. The third-order valence-corrected chi connectivity index (χ3v) is 7.72. The Morgan fingerprint density at radius 2 is 1.43 bits per heavy atom. The standard InChI is InChI=1S/C13H14BrFN2O.C12H16BrFN2O/c14-8-5-11(15)13-12(6-8)17(7-16-13)9-1-3-10(18)4-2-9;13-7-5-10(14)12(15)11(6-7)16-8-1-3-9(17)4-2-8/h5-7,9-10,18H,1-4H2;5-6,8-9,16-17H,1-4,15H2. The van der Waals surface area contributed by atoms with Crippen LogP contribution in [0.25, 0.3) is 11.0 Å². The lowest BCUT2D eigenvalue weighted by molar-refractivity contribution is 0.111. The Labute approximate surface area is 220 Å². The molecule has 0 bridgehead atoms. The molecule has 10 heteroatoms. The van der Waals surface area contributed by atoms with E-state index in [0.29, 0.717) is 21.7 Å². The van der Waals surface area contributed by atoms with E-state index in [1.807, 2.05) is 10.6 Å². The number of hydrogen-bond acceptors (Lipinski definition) is 5. The smallest absolute Gasteiger partial charge is 0.152 e. The van der Waals surface area contributed by atoms with Crippen LogP contribution in [0.1, 0.15) is 57.4 Å². The average molecular weight is 616 g/mol. The Kier molecular flexibility index (Phi) is 8.67. The van der Waals surface area contributed by atoms with Crippen LogP contribution in [-0.4, -0.2) is 38.0 Å². The molecule has 2 aliphatic rings. The van der Waals surface area contributed by atoms with Crippen molar-refractivity contribution in [1.82, 2.24) is 9.55 Å². The van der Waals surface area contributed by atoms with E-state index in [-0.39, 0.29) is 29.8 Å². The van der Waals surface area contributed by atoms with Crippen molar-refractivity contribution >= 4 is 54.3 Å². The molecule has 35 heavy (non-hydrogen) atoms. The molecular weight excluding hydrogens is 586 g/mol. The van der Waals surface area contributed by atoms with Crippen molar-refractivity contribution in [3.8, 4) is 0 Å². The fourth-order valence-electron chi connectivity index (χ4n) is 4.83. The number of aliphatic hydroxyl groups is 2. The zero-order chi connectivity index (χ0) is 25.1. The Balaban J connectivity index is 0.000000165. The number of fused-ring (bicyclic) bond motifs is 1. The lowest BCUT2D eigenvalue weighted by Gasteiger charge is -2.27. The molecule has 0 spiro atoms. The lowest BCUT2D eigenvalue weighted by Crippen LogP contribution is -2.28. The number of rotatable bonds is 3. The van der Waals surface area contributed by atoms with Crippen molar-refractivity contribution in [2.24, 2.45) is 0 Å². The van der Waals surface area contributed by atoms with Gasteiger partial charge in [0, 0.05) is 21.0 Å². The van der Waals surface area contributed by atoms with Gasteiger partial charge < -0.3 is 25.8 Å². The third-order valence-electron chi connectivity index (χ3n) is 6.81. The number of benzene rings is 2. The van der Waals surface area contributed by atoms with Gasteiger partial charge in [0.2, 0.25) is 0 Å². The first kappa shape index (κ1) is 26.3. The Hall–Kier alpha value is -1.75. The van der Waals surface area contributed by atoms with Gasteiger partial charge in [-0.2, -0.15) is 0 Å². The first-order valence-electron chi connectivity index (χ1n) is 11.9. The molecule has 190 valence electrons. The summed E-state index contributed by atoms with van der Waals surface area (Å²) in [5.41, 5.74) is 7.71. The number of imidazole rings is 1. The second-order valence-corrected chi connectivity index (χ2v) is 11.2. The molecule has 2 aromatic carbocycles. The van der Waals surface area contributed by atoms with Crippen molar-refractivity contribution in [3.63, 3.8) is 0 Å². The van der Waals surface area contributed by atoms with E-state index < -0.39 is 5.82 Å². The van der Waals surface area contributed by atoms with Crippen molar-refractivity contribution in [3.05, 3.63) is 51.2 Å². The van der Waals surface area contributed by atoms with Crippen LogP contribution in [0.4, 0.5) is 20.2 Å². The van der Waals surface area contributed by atoms with Gasteiger partial charge in [0.1, 0.15) is 11.3 Å². The summed E-state index contributed by atoms with van der Waals surface area (Å²) >= 11 is 6.56. The lowest BCUT2D eigenvalue weighted by atomic mass is 9.93. The molecule has 0 saturated heterocycles. The largest absolute Gasteiger partial charge is 0.395 e. The molecule has 5 rings (SSSR count). The summed E-state index contributed by atoms with van der Waals surface area (Å²) in [6.45, 7) is 0. The zero-order valence-corrected chi connectivity index (χ0v) is 22.4. The second-order valence-electron chi connectivity index (χ2n) is 9.37. The van der Waals surface area contributed by atoms with E-state index in [1.54, 1.807) is 12.4 Å². The van der Waals surface area contributed by atoms with Gasteiger partial charge in [-0.1, -0.05) is 31.9 Å². The molecule has 3 aromatic rings. The van der Waals surface area contributed by atoms with Gasteiger partial charge in [-0.3, -0.25) is 0 Å². The number of aliphatic hydroxyl groups excluding tert-OH is 2. The number of halogens is 4. The normalized spacial score (nSPS) is 24.6. The van der Waals surface area contributed by atoms with Crippen LogP contribution in [-0.2, 0) is 0 Å². The second kappa shape index (κ2) is 11.5. The summed E-state index contributed by atoms with van der Waals surface area (Å²) in [6, 6.07) is 7.04. The highest BCUT2D eigenvalue weighted by molar-refractivity contribution is 9.10. The maximum atomic E-state index is 13.7. The van der Waals surface area contributed by atoms with Crippen LogP contribution < -0.4 is 11.1 Å². The summed E-state index contributed by atoms with van der Waals surface area (Å²) in [5.74, 6) is -0.716. The molecule has 0 amide bonds. The Bertz CT molecular complexity index is 1160. The molecule has 0 aliphatic heterocycles. The summed E-state index contributed by atoms with van der Waals surface area (Å²) in [6.07, 6.45) is 8.13. The number of nitrogens with two attached hydrogens (primary N) is 1. The van der Waals surface area contributed by atoms with Crippen LogP contribution in [0, 0.1) is 11.6 Å². The molecule has 0 atom stereocenters. The van der Waals surface area contributed by atoms with Crippen molar-refractivity contribution in [1.29, 1.82) is 0 Å². The summed E-state index contributed by atoms with van der Waals surface area (Å²) in [4.78, 5) is 4.16. The zero-order valence-electron chi connectivity index (χ0n) is 19.2. The predicted molar refractivity (Wildman–Crippen MR) is 141 cm³/mol. The SMILES string of the molecule is Nc1c(F)cc(Br)cc1NC1CCC(O)CC1.OC1CCC(n2cnc3c(F)cc(Br)cc32)CC1. The first-order chi connectivity index (χ1) is 16.7. The quantitative estimate of drug-likeness (QED) is 0.259. The van der Waals surface area contributed by atoms with Crippen LogP contribution in [0.5, 0.6) is 0 Å². The third kappa shape index (κ3) is 6.53. The molecule has 0 radical (unpaired) electrons. The van der Waals surface area contributed by atoms with Gasteiger partial charge in [0.15, 0.2) is 5.82 Å². The number of nitrogen functional groups attached to an aromatic ring is 1. The fourth-order valence-corrected chi connectivity index (χ4v) is 5.68. The van der Waals surface area contributed by atoms with Gasteiger partial charge in [0.25, 0.3) is 0 Å². The van der Waals surface area contributed by atoms with Gasteiger partial charge in [-0.25, -0.2) is 13.8 Å². The summed E-state index contributed by atoms with van der Waals surface area (Å²) in [7, 11) is 0. The number of nitrogens with one attached hydrogen (secondary N) is 1. The topological polar surface area (TPSA) is 96.3 Å². The van der Waals surface area contributed by atoms with E-state index in [1.165, 1.54) is 12.1 Å². The van der Waals surface area contributed by atoms with E-state index in [0.717, 1.165) is 61.4 Å². The summed E-state index contributed by atoms with van der Waals surface area (Å²) < 4.78 is 30.6. The minimum absolute atomic E-state index is 0.152. The number of aromatic nitrogens is 2. The maximum Gasteiger partial charge on any atom is 0.152 e. The monoisotopic (exact) mass is 614 g/mol. The highest BCUT2D eigenvalue weighted by Gasteiger charge is 2.23. The van der Waals surface area contributed by atoms with E-state index in [9.17, 15) is 19.0 Å². The number of anilines is 2. The predicted octanol–water partition coefficient (Wildman–Crippen LogP) is 6.30.